The van der Waals surface area contributed by atoms with Gasteiger partial charge in [0.15, 0.2) is 0 Å². The van der Waals surface area contributed by atoms with Crippen LogP contribution in [0.5, 0.6) is 0 Å². The maximum Gasteiger partial charge on any atom is 0.673 e. The van der Waals surface area contributed by atoms with Crippen LogP contribution < -0.4 is 10.6 Å². The van der Waals surface area contributed by atoms with Gasteiger partial charge in [-0.1, -0.05) is 26.2 Å². The lowest BCUT2D eigenvalue weighted by Gasteiger charge is -2.22. The van der Waals surface area contributed by atoms with Crippen molar-refractivity contribution in [2.24, 2.45) is 0 Å². The van der Waals surface area contributed by atoms with Crippen LogP contribution in [0.3, 0.4) is 0 Å². The quantitative estimate of drug-likeness (QED) is 0.417. The van der Waals surface area contributed by atoms with Crippen molar-refractivity contribution in [1.29, 1.82) is 0 Å². The normalized spacial score (nSPS) is 14.8. The van der Waals surface area contributed by atoms with Gasteiger partial charge in [0.05, 0.1) is 0 Å². The van der Waals surface area contributed by atoms with Crippen molar-refractivity contribution in [3.63, 3.8) is 0 Å². The predicted molar refractivity (Wildman–Crippen MR) is 65.7 cm³/mol. The van der Waals surface area contributed by atoms with Gasteiger partial charge in [0.1, 0.15) is 0 Å². The Hall–Kier alpha value is -0.295. The van der Waals surface area contributed by atoms with Gasteiger partial charge < -0.3 is 27.9 Å². The molecule has 0 saturated heterocycles. The van der Waals surface area contributed by atoms with E-state index in [4.69, 9.17) is 0 Å². The number of rotatable bonds is 7. The minimum absolute atomic E-state index is 0.576. The number of halogens is 4. The summed E-state index contributed by atoms with van der Waals surface area (Å²) in [5.41, 5.74) is 0. The number of hydrogen-bond donors (Lipinski definition) is 2. The van der Waals surface area contributed by atoms with Gasteiger partial charge in [-0.25, -0.2) is 0 Å². The predicted octanol–water partition coefficient (Wildman–Crippen LogP) is 3.06. The zero-order valence-corrected chi connectivity index (χ0v) is 11.1. The highest BCUT2D eigenvalue weighted by molar-refractivity contribution is 6.50. The van der Waals surface area contributed by atoms with Crippen molar-refractivity contribution in [3.8, 4) is 0 Å². The fraction of sp³-hybridized carbons (Fsp3) is 1.00. The summed E-state index contributed by atoms with van der Waals surface area (Å²) in [5.74, 6) is 0. The molecule has 0 saturated carbocycles. The van der Waals surface area contributed by atoms with E-state index < -0.39 is 7.25 Å². The van der Waals surface area contributed by atoms with Crippen LogP contribution in [0, 0.1) is 0 Å². The lowest BCUT2D eigenvalue weighted by Crippen LogP contribution is -2.43. The summed E-state index contributed by atoms with van der Waals surface area (Å²) < 4.78 is 39.0. The molecule has 0 aromatic carbocycles. The zero-order chi connectivity index (χ0) is 13.9. The Balaban J connectivity index is 0. The standard InChI is InChI=1S/C10H24N2.BF4/c1-5-6-7-8-10(12-4)9(2)11-3;2-1(3,4)5/h9-12H,5-8H2,1-4H3;/q;-1. The van der Waals surface area contributed by atoms with Crippen molar-refractivity contribution in [3.05, 3.63) is 0 Å². The SMILES string of the molecule is CCCCCC(NC)C(C)NC.F[B-](F)(F)F. The molecule has 0 spiro atoms. The van der Waals surface area contributed by atoms with Gasteiger partial charge in [-0.2, -0.15) is 0 Å². The number of hydrogen-bond acceptors (Lipinski definition) is 2. The molecule has 0 aliphatic carbocycles. The van der Waals surface area contributed by atoms with E-state index in [-0.39, 0.29) is 0 Å². The summed E-state index contributed by atoms with van der Waals surface area (Å²) in [5, 5.41) is 6.63. The molecule has 106 valence electrons. The molecule has 7 heteroatoms. The second kappa shape index (κ2) is 10.8. The fourth-order valence-corrected chi connectivity index (χ4v) is 1.46. The molecule has 0 radical (unpaired) electrons. The molecule has 0 heterocycles. The first-order valence-electron chi connectivity index (χ1n) is 5.98. The van der Waals surface area contributed by atoms with Crippen LogP contribution in [-0.4, -0.2) is 33.4 Å². The number of unbranched alkanes of at least 4 members (excludes halogenated alkanes) is 2. The van der Waals surface area contributed by atoms with Crippen molar-refractivity contribution in [2.75, 3.05) is 14.1 Å². The van der Waals surface area contributed by atoms with E-state index in [0.29, 0.717) is 12.1 Å². The molecule has 0 fully saturated rings. The van der Waals surface area contributed by atoms with E-state index in [1.54, 1.807) is 0 Å². The Labute approximate surface area is 102 Å². The van der Waals surface area contributed by atoms with E-state index in [9.17, 15) is 17.3 Å². The van der Waals surface area contributed by atoms with Crippen LogP contribution >= 0.6 is 0 Å². The number of likely N-dealkylation sites (N-methyl/N-ethyl adjacent to an activating group) is 2. The Morgan fingerprint density at radius 1 is 1.00 bits per heavy atom. The monoisotopic (exact) mass is 259 g/mol. The first-order chi connectivity index (χ1) is 7.76. The van der Waals surface area contributed by atoms with Crippen molar-refractivity contribution in [1.82, 2.24) is 10.6 Å². The minimum Gasteiger partial charge on any atom is -0.418 e. The second-order valence-electron chi connectivity index (χ2n) is 3.96. The van der Waals surface area contributed by atoms with Crippen LogP contribution in [0.25, 0.3) is 0 Å². The average Bonchev–Trinajstić information content (AvgIpc) is 2.21. The molecule has 2 N–H and O–H groups in total. The average molecular weight is 259 g/mol. The van der Waals surface area contributed by atoms with E-state index >= 15 is 0 Å². The van der Waals surface area contributed by atoms with Gasteiger partial charge in [0, 0.05) is 12.1 Å². The lowest BCUT2D eigenvalue weighted by atomic mass is 10.0. The molecule has 17 heavy (non-hydrogen) atoms. The summed E-state index contributed by atoms with van der Waals surface area (Å²) in [4.78, 5) is 0. The van der Waals surface area contributed by atoms with Gasteiger partial charge in [-0.3, -0.25) is 0 Å². The third-order valence-corrected chi connectivity index (χ3v) is 2.55. The molecule has 0 aliphatic rings. The highest BCUT2D eigenvalue weighted by Gasteiger charge is 2.20. The molecule has 0 aromatic heterocycles. The summed E-state index contributed by atoms with van der Waals surface area (Å²) in [6.45, 7) is 4.48. The summed E-state index contributed by atoms with van der Waals surface area (Å²) >= 11 is 0. The van der Waals surface area contributed by atoms with E-state index in [0.717, 1.165) is 0 Å². The molecular formula is C10H24BF4N2-. The summed E-state index contributed by atoms with van der Waals surface area (Å²) in [7, 11) is -1.93. The van der Waals surface area contributed by atoms with E-state index in [1.807, 2.05) is 14.1 Å². The Morgan fingerprint density at radius 2 is 1.47 bits per heavy atom. The maximum absolute atomic E-state index is 9.75. The first kappa shape index (κ1) is 19.1. The highest BCUT2D eigenvalue weighted by Crippen LogP contribution is 2.07. The fourth-order valence-electron chi connectivity index (χ4n) is 1.46. The van der Waals surface area contributed by atoms with Crippen LogP contribution in [0.2, 0.25) is 0 Å². The smallest absolute Gasteiger partial charge is 0.418 e. The molecule has 0 bridgehead atoms. The molecule has 0 aliphatic heterocycles. The summed E-state index contributed by atoms with van der Waals surface area (Å²) in [6.07, 6.45) is 5.29. The van der Waals surface area contributed by atoms with Crippen molar-refractivity contribution in [2.45, 2.75) is 51.6 Å². The van der Waals surface area contributed by atoms with Crippen LogP contribution in [0.1, 0.15) is 39.5 Å². The Morgan fingerprint density at radius 3 is 1.76 bits per heavy atom. The van der Waals surface area contributed by atoms with Gasteiger partial charge >= 0.3 is 7.25 Å². The molecular weight excluding hydrogens is 235 g/mol. The first-order valence-corrected chi connectivity index (χ1v) is 5.98. The van der Waals surface area contributed by atoms with Crippen LogP contribution in [0.4, 0.5) is 17.3 Å². The van der Waals surface area contributed by atoms with Gasteiger partial charge in [-0.15, -0.1) is 0 Å². The van der Waals surface area contributed by atoms with E-state index in [2.05, 4.69) is 24.5 Å². The van der Waals surface area contributed by atoms with Crippen LogP contribution in [-0.2, 0) is 0 Å². The molecule has 2 unspecified atom stereocenters. The molecule has 0 rings (SSSR count). The third-order valence-electron chi connectivity index (χ3n) is 2.55. The van der Waals surface area contributed by atoms with Gasteiger partial charge in [-0.05, 0) is 27.4 Å². The number of nitrogens with one attached hydrogen (secondary N) is 2. The maximum atomic E-state index is 9.75. The Bertz CT molecular complexity index is 161. The second-order valence-corrected chi connectivity index (χ2v) is 3.96. The van der Waals surface area contributed by atoms with Gasteiger partial charge in [0.2, 0.25) is 0 Å². The topological polar surface area (TPSA) is 24.1 Å². The minimum atomic E-state index is -6.00. The largest absolute Gasteiger partial charge is 0.673 e. The lowest BCUT2D eigenvalue weighted by molar-refractivity contribution is 0.368. The van der Waals surface area contributed by atoms with Crippen molar-refractivity contribution >= 4 is 7.25 Å². The highest BCUT2D eigenvalue weighted by atomic mass is 19.5. The summed E-state index contributed by atoms with van der Waals surface area (Å²) in [6, 6.07) is 1.20. The molecule has 0 amide bonds. The molecule has 2 nitrogen and oxygen atoms in total. The van der Waals surface area contributed by atoms with Crippen molar-refractivity contribution < 1.29 is 17.3 Å². The van der Waals surface area contributed by atoms with Gasteiger partial charge in [0.25, 0.3) is 0 Å². The molecule has 2 atom stereocenters. The van der Waals surface area contributed by atoms with Crippen LogP contribution in [0.15, 0.2) is 0 Å². The molecule has 0 aromatic rings. The third kappa shape index (κ3) is 18.3. The van der Waals surface area contributed by atoms with E-state index in [1.165, 1.54) is 25.7 Å². The zero-order valence-electron chi connectivity index (χ0n) is 11.1. The Kier molecular flexibility index (Phi) is 12.1.